The zero-order chi connectivity index (χ0) is 16.9. The largest absolute Gasteiger partial charge is 0.469 e. The SMILES string of the molecule is CC(C)[Si](OCOc1ccc([N+](=O)[O-])cc1)(C(C)C)C(C)C. The van der Waals surface area contributed by atoms with Crippen molar-refractivity contribution in [3.63, 3.8) is 0 Å². The van der Waals surface area contributed by atoms with E-state index in [2.05, 4.69) is 41.5 Å². The Kier molecular flexibility index (Phi) is 6.56. The van der Waals surface area contributed by atoms with Crippen LogP contribution >= 0.6 is 0 Å². The molecular weight excluding hydrogens is 298 g/mol. The summed E-state index contributed by atoms with van der Waals surface area (Å²) in [6.07, 6.45) is 0. The molecule has 0 spiro atoms. The molecular formula is C16H27NO4Si. The Morgan fingerprint density at radius 2 is 1.45 bits per heavy atom. The van der Waals surface area contributed by atoms with Crippen LogP contribution < -0.4 is 4.74 Å². The average molecular weight is 325 g/mol. The van der Waals surface area contributed by atoms with Crippen LogP contribution in [0.1, 0.15) is 41.5 Å². The summed E-state index contributed by atoms with van der Waals surface area (Å²) in [5.41, 5.74) is 1.54. The molecule has 0 amide bonds. The molecule has 0 atom stereocenters. The number of nitro benzene ring substituents is 1. The number of ether oxygens (including phenoxy) is 1. The Bertz CT molecular complexity index is 464. The number of non-ortho nitro benzene ring substituents is 1. The van der Waals surface area contributed by atoms with Crippen LogP contribution in [0, 0.1) is 10.1 Å². The number of benzene rings is 1. The lowest BCUT2D eigenvalue weighted by Gasteiger charge is -2.41. The topological polar surface area (TPSA) is 61.6 Å². The average Bonchev–Trinajstić information content (AvgIpc) is 2.42. The van der Waals surface area contributed by atoms with E-state index in [0.29, 0.717) is 22.4 Å². The number of nitrogens with zero attached hydrogens (tertiary/aromatic N) is 1. The Morgan fingerprint density at radius 1 is 1.00 bits per heavy atom. The predicted octanol–water partition coefficient (Wildman–Crippen LogP) is 5.12. The van der Waals surface area contributed by atoms with Gasteiger partial charge in [0.05, 0.1) is 4.92 Å². The van der Waals surface area contributed by atoms with Gasteiger partial charge in [-0.1, -0.05) is 41.5 Å². The Labute approximate surface area is 133 Å². The summed E-state index contributed by atoms with van der Waals surface area (Å²) >= 11 is 0. The first kappa shape index (κ1) is 18.6. The van der Waals surface area contributed by atoms with E-state index in [-0.39, 0.29) is 12.5 Å². The Hall–Kier alpha value is -1.40. The summed E-state index contributed by atoms with van der Waals surface area (Å²) in [5.74, 6) is 0.588. The Balaban J connectivity index is 2.72. The lowest BCUT2D eigenvalue weighted by atomic mass is 10.3. The lowest BCUT2D eigenvalue weighted by molar-refractivity contribution is -0.384. The van der Waals surface area contributed by atoms with Crippen molar-refractivity contribution in [3.8, 4) is 5.75 Å². The molecule has 1 aromatic carbocycles. The summed E-state index contributed by atoms with van der Waals surface area (Å²) in [6, 6.07) is 6.08. The molecule has 0 unspecified atom stereocenters. The zero-order valence-corrected chi connectivity index (χ0v) is 15.3. The van der Waals surface area contributed by atoms with Gasteiger partial charge in [-0.3, -0.25) is 10.1 Å². The minimum atomic E-state index is -1.94. The number of hydrogen-bond acceptors (Lipinski definition) is 4. The summed E-state index contributed by atoms with van der Waals surface area (Å²) in [6.45, 7) is 13.5. The van der Waals surface area contributed by atoms with Crippen LogP contribution in [0.4, 0.5) is 5.69 Å². The van der Waals surface area contributed by atoms with E-state index in [0.717, 1.165) is 0 Å². The first-order chi connectivity index (χ1) is 10.2. The van der Waals surface area contributed by atoms with Gasteiger partial charge in [0, 0.05) is 12.1 Å². The second kappa shape index (κ2) is 7.74. The summed E-state index contributed by atoms with van der Waals surface area (Å²) in [5, 5.41) is 10.6. The van der Waals surface area contributed by atoms with Crippen LogP contribution in [0.2, 0.25) is 16.6 Å². The maximum absolute atomic E-state index is 10.6. The van der Waals surface area contributed by atoms with E-state index < -0.39 is 13.2 Å². The van der Waals surface area contributed by atoms with Crippen molar-refractivity contribution in [3.05, 3.63) is 34.4 Å². The van der Waals surface area contributed by atoms with Crippen molar-refractivity contribution in [2.45, 2.75) is 58.2 Å². The smallest absolute Gasteiger partial charge is 0.269 e. The Morgan fingerprint density at radius 3 is 1.82 bits per heavy atom. The van der Waals surface area contributed by atoms with Gasteiger partial charge in [0.2, 0.25) is 8.32 Å². The quantitative estimate of drug-likeness (QED) is 0.288. The molecule has 124 valence electrons. The molecule has 5 nitrogen and oxygen atoms in total. The third-order valence-electron chi connectivity index (χ3n) is 4.29. The molecule has 22 heavy (non-hydrogen) atoms. The molecule has 0 bridgehead atoms. The molecule has 0 aliphatic carbocycles. The lowest BCUT2D eigenvalue weighted by Crippen LogP contribution is -2.48. The summed E-state index contributed by atoms with van der Waals surface area (Å²) in [7, 11) is -1.94. The summed E-state index contributed by atoms with van der Waals surface area (Å²) < 4.78 is 11.9. The fourth-order valence-electron chi connectivity index (χ4n) is 3.36. The highest BCUT2D eigenvalue weighted by Gasteiger charge is 2.45. The van der Waals surface area contributed by atoms with E-state index in [9.17, 15) is 10.1 Å². The van der Waals surface area contributed by atoms with Gasteiger partial charge in [-0.15, -0.1) is 0 Å². The first-order valence-electron chi connectivity index (χ1n) is 7.73. The fraction of sp³-hybridized carbons (Fsp3) is 0.625. The van der Waals surface area contributed by atoms with E-state index in [1.165, 1.54) is 12.1 Å². The standard InChI is InChI=1S/C16H27NO4Si/c1-12(2)22(13(3)4,14(5)6)21-11-20-16-9-7-15(8-10-16)17(18)19/h7-10,12-14H,11H2,1-6H3. The molecule has 0 saturated carbocycles. The molecule has 1 rings (SSSR count). The van der Waals surface area contributed by atoms with Crippen molar-refractivity contribution < 1.29 is 14.1 Å². The zero-order valence-electron chi connectivity index (χ0n) is 14.3. The van der Waals surface area contributed by atoms with Crippen LogP contribution in [0.3, 0.4) is 0 Å². The molecule has 0 aromatic heterocycles. The third kappa shape index (κ3) is 4.07. The second-order valence-corrected chi connectivity index (χ2v) is 11.9. The third-order valence-corrected chi connectivity index (χ3v) is 10.3. The van der Waals surface area contributed by atoms with Crippen LogP contribution in [-0.4, -0.2) is 20.0 Å². The number of nitro groups is 1. The monoisotopic (exact) mass is 325 g/mol. The maximum atomic E-state index is 10.6. The van der Waals surface area contributed by atoms with Crippen molar-refractivity contribution in [2.24, 2.45) is 0 Å². The van der Waals surface area contributed by atoms with E-state index in [4.69, 9.17) is 9.16 Å². The van der Waals surface area contributed by atoms with Crippen LogP contribution in [0.15, 0.2) is 24.3 Å². The van der Waals surface area contributed by atoms with Crippen LogP contribution in [0.25, 0.3) is 0 Å². The van der Waals surface area contributed by atoms with Gasteiger partial charge < -0.3 is 9.16 Å². The molecule has 1 aromatic rings. The molecule has 0 saturated heterocycles. The molecule has 6 heteroatoms. The summed E-state index contributed by atoms with van der Waals surface area (Å²) in [4.78, 5) is 10.2. The highest BCUT2D eigenvalue weighted by Crippen LogP contribution is 2.42. The van der Waals surface area contributed by atoms with Gasteiger partial charge in [0.1, 0.15) is 5.75 Å². The van der Waals surface area contributed by atoms with Gasteiger partial charge in [0.25, 0.3) is 5.69 Å². The van der Waals surface area contributed by atoms with Gasteiger partial charge in [-0.2, -0.15) is 0 Å². The van der Waals surface area contributed by atoms with Gasteiger partial charge in [0.15, 0.2) is 6.79 Å². The van der Waals surface area contributed by atoms with Crippen molar-refractivity contribution in [1.29, 1.82) is 0 Å². The van der Waals surface area contributed by atoms with Gasteiger partial charge in [-0.25, -0.2) is 0 Å². The second-order valence-electron chi connectivity index (χ2n) is 6.48. The van der Waals surface area contributed by atoms with Crippen LogP contribution in [0.5, 0.6) is 5.75 Å². The molecule has 0 aliphatic rings. The van der Waals surface area contributed by atoms with Crippen LogP contribution in [-0.2, 0) is 4.43 Å². The number of hydrogen-bond donors (Lipinski definition) is 0. The van der Waals surface area contributed by atoms with Crippen molar-refractivity contribution >= 4 is 14.0 Å². The van der Waals surface area contributed by atoms with Crippen molar-refractivity contribution in [1.82, 2.24) is 0 Å². The number of rotatable bonds is 8. The molecule has 0 aliphatic heterocycles. The van der Waals surface area contributed by atoms with Gasteiger partial charge >= 0.3 is 0 Å². The van der Waals surface area contributed by atoms with E-state index in [1.54, 1.807) is 12.1 Å². The van der Waals surface area contributed by atoms with E-state index in [1.807, 2.05) is 0 Å². The van der Waals surface area contributed by atoms with E-state index >= 15 is 0 Å². The minimum Gasteiger partial charge on any atom is -0.469 e. The molecule has 0 fully saturated rings. The van der Waals surface area contributed by atoms with Crippen molar-refractivity contribution in [2.75, 3.05) is 6.79 Å². The minimum absolute atomic E-state index is 0.0588. The highest BCUT2D eigenvalue weighted by molar-refractivity contribution is 6.77. The first-order valence-corrected chi connectivity index (χ1v) is 9.87. The molecule has 0 heterocycles. The van der Waals surface area contributed by atoms with Gasteiger partial charge in [-0.05, 0) is 28.8 Å². The molecule has 0 radical (unpaired) electrons. The fourth-order valence-corrected chi connectivity index (χ4v) is 8.63. The predicted molar refractivity (Wildman–Crippen MR) is 90.7 cm³/mol. The maximum Gasteiger partial charge on any atom is 0.269 e. The normalized spacial score (nSPS) is 12.2. The molecule has 0 N–H and O–H groups in total. The highest BCUT2D eigenvalue weighted by atomic mass is 28.4.